The van der Waals surface area contributed by atoms with E-state index in [1.807, 2.05) is 19.2 Å². The minimum Gasteiger partial charge on any atom is -0.398 e. The Bertz CT molecular complexity index is 619. The van der Waals surface area contributed by atoms with E-state index < -0.39 is 0 Å². The summed E-state index contributed by atoms with van der Waals surface area (Å²) in [5.74, 6) is 0. The van der Waals surface area contributed by atoms with E-state index in [9.17, 15) is 0 Å². The molecule has 0 unspecified atom stereocenters. The van der Waals surface area contributed by atoms with Crippen molar-refractivity contribution < 1.29 is 0 Å². The molecule has 1 aliphatic carbocycles. The third kappa shape index (κ3) is 2.70. The quantitative estimate of drug-likeness (QED) is 0.820. The second-order valence-electron chi connectivity index (χ2n) is 5.71. The molecule has 3 rings (SSSR count). The Hall–Kier alpha value is -1.81. The van der Waals surface area contributed by atoms with Gasteiger partial charge in [0.2, 0.25) is 0 Å². The summed E-state index contributed by atoms with van der Waals surface area (Å²) in [5, 5.41) is 5.71. The van der Waals surface area contributed by atoms with Gasteiger partial charge in [-0.05, 0) is 45.0 Å². The number of hydrogen-bond acceptors (Lipinski definition) is 4. The van der Waals surface area contributed by atoms with Crippen molar-refractivity contribution in [3.8, 4) is 0 Å². The second kappa shape index (κ2) is 5.29. The number of nitrogens with one attached hydrogen (secondary N) is 1. The van der Waals surface area contributed by atoms with Crippen molar-refractivity contribution in [3.63, 3.8) is 0 Å². The van der Waals surface area contributed by atoms with E-state index in [1.165, 1.54) is 12.8 Å². The van der Waals surface area contributed by atoms with Gasteiger partial charge in [0.1, 0.15) is 0 Å². The molecule has 0 aliphatic heterocycles. The first-order chi connectivity index (χ1) is 9.65. The van der Waals surface area contributed by atoms with Crippen LogP contribution in [0.1, 0.15) is 18.5 Å². The first kappa shape index (κ1) is 13.2. The Morgan fingerprint density at radius 1 is 1.35 bits per heavy atom. The van der Waals surface area contributed by atoms with Crippen LogP contribution in [0.2, 0.25) is 0 Å². The number of benzene rings is 1. The Morgan fingerprint density at radius 3 is 2.90 bits per heavy atom. The fraction of sp³-hybridized carbons (Fsp3) is 0.438. The molecular weight excluding hydrogens is 248 g/mol. The first-order valence-electron chi connectivity index (χ1n) is 7.24. The summed E-state index contributed by atoms with van der Waals surface area (Å²) in [4.78, 5) is 6.76. The highest BCUT2D eigenvalue weighted by molar-refractivity contribution is 6.00. The monoisotopic (exact) mass is 270 g/mol. The zero-order chi connectivity index (χ0) is 14.1. The van der Waals surface area contributed by atoms with Crippen molar-refractivity contribution in [2.45, 2.75) is 25.8 Å². The number of nitrogens with zero attached hydrogens (tertiary/aromatic N) is 2. The van der Waals surface area contributed by atoms with Crippen LogP contribution in [0.4, 0.5) is 11.4 Å². The lowest BCUT2D eigenvalue weighted by Crippen LogP contribution is -2.27. The molecule has 1 aromatic heterocycles. The maximum absolute atomic E-state index is 6.02. The fourth-order valence-electron chi connectivity index (χ4n) is 2.58. The lowest BCUT2D eigenvalue weighted by molar-refractivity contribution is 0.337. The van der Waals surface area contributed by atoms with E-state index in [0.717, 1.165) is 47.0 Å². The van der Waals surface area contributed by atoms with Crippen LogP contribution < -0.4 is 11.1 Å². The first-order valence-corrected chi connectivity index (χ1v) is 7.24. The van der Waals surface area contributed by atoms with Crippen LogP contribution in [0.5, 0.6) is 0 Å². The maximum Gasteiger partial charge on any atom is 0.0423 e. The van der Waals surface area contributed by atoms with Crippen LogP contribution in [-0.4, -0.2) is 36.1 Å². The Kier molecular flexibility index (Phi) is 3.49. The number of nitrogens with two attached hydrogens (primary N) is 1. The van der Waals surface area contributed by atoms with Gasteiger partial charge in [0.25, 0.3) is 0 Å². The molecule has 0 spiro atoms. The van der Waals surface area contributed by atoms with Crippen LogP contribution in [-0.2, 0) is 0 Å². The van der Waals surface area contributed by atoms with Gasteiger partial charge >= 0.3 is 0 Å². The number of fused-ring (bicyclic) bond motifs is 1. The van der Waals surface area contributed by atoms with Crippen LogP contribution in [0.15, 0.2) is 24.4 Å². The molecule has 1 saturated carbocycles. The molecular formula is C16H22N4. The smallest absolute Gasteiger partial charge is 0.0423 e. The number of aryl methyl sites for hydroxylation is 1. The highest BCUT2D eigenvalue weighted by Gasteiger charge is 2.25. The molecule has 0 bridgehead atoms. The number of nitrogen functional groups attached to an aromatic ring is 1. The number of likely N-dealkylation sites (N-methyl/N-ethyl adjacent to an activating group) is 1. The van der Waals surface area contributed by atoms with E-state index in [4.69, 9.17) is 5.73 Å². The van der Waals surface area contributed by atoms with Gasteiger partial charge < -0.3 is 16.0 Å². The molecule has 0 atom stereocenters. The number of pyridine rings is 1. The molecule has 106 valence electrons. The normalized spacial score (nSPS) is 14.9. The van der Waals surface area contributed by atoms with E-state index in [0.29, 0.717) is 0 Å². The van der Waals surface area contributed by atoms with Crippen molar-refractivity contribution in [2.24, 2.45) is 0 Å². The summed E-state index contributed by atoms with van der Waals surface area (Å²) in [6, 6.07) is 6.92. The Labute approximate surface area is 120 Å². The van der Waals surface area contributed by atoms with E-state index >= 15 is 0 Å². The zero-order valence-corrected chi connectivity index (χ0v) is 12.2. The van der Waals surface area contributed by atoms with Gasteiger partial charge in [0, 0.05) is 53.2 Å². The van der Waals surface area contributed by atoms with Gasteiger partial charge in [-0.3, -0.25) is 4.98 Å². The molecule has 1 fully saturated rings. The molecule has 1 aliphatic rings. The minimum absolute atomic E-state index is 0.785. The highest BCUT2D eigenvalue weighted by Crippen LogP contribution is 2.28. The van der Waals surface area contributed by atoms with E-state index in [2.05, 4.69) is 34.4 Å². The standard InChI is InChI=1S/C16H22N4/c1-11-9-13-14(10-19-11)15(17)5-6-16(13)18-7-8-20(2)12-3-4-12/h5-6,9-10,12,18H,3-4,7-8,17H2,1-2H3. The van der Waals surface area contributed by atoms with Crippen LogP contribution >= 0.6 is 0 Å². The predicted molar refractivity (Wildman–Crippen MR) is 85.0 cm³/mol. The number of aromatic nitrogens is 1. The van der Waals surface area contributed by atoms with Gasteiger partial charge in [0.15, 0.2) is 0 Å². The molecule has 20 heavy (non-hydrogen) atoms. The molecule has 3 N–H and O–H groups in total. The topological polar surface area (TPSA) is 54.2 Å². The molecule has 2 aromatic rings. The molecule has 4 heteroatoms. The summed E-state index contributed by atoms with van der Waals surface area (Å²) in [6.07, 6.45) is 4.57. The van der Waals surface area contributed by atoms with Gasteiger partial charge in [-0.2, -0.15) is 0 Å². The molecule has 4 nitrogen and oxygen atoms in total. The van der Waals surface area contributed by atoms with Gasteiger partial charge in [0.05, 0.1) is 0 Å². The van der Waals surface area contributed by atoms with Crippen molar-refractivity contribution in [1.82, 2.24) is 9.88 Å². The average Bonchev–Trinajstić information content (AvgIpc) is 3.25. The highest BCUT2D eigenvalue weighted by atomic mass is 15.2. The molecule has 1 aromatic carbocycles. The van der Waals surface area contributed by atoms with Crippen LogP contribution in [0, 0.1) is 6.92 Å². The number of rotatable bonds is 5. The van der Waals surface area contributed by atoms with Crippen molar-refractivity contribution in [2.75, 3.05) is 31.2 Å². The predicted octanol–water partition coefficient (Wildman–Crippen LogP) is 2.63. The van der Waals surface area contributed by atoms with E-state index in [1.54, 1.807) is 0 Å². The average molecular weight is 270 g/mol. The SMILES string of the molecule is Cc1cc2c(NCCN(C)C3CC3)ccc(N)c2cn1. The van der Waals surface area contributed by atoms with Gasteiger partial charge in [-0.1, -0.05) is 0 Å². The molecule has 0 radical (unpaired) electrons. The third-order valence-corrected chi connectivity index (χ3v) is 4.02. The molecule has 0 saturated heterocycles. The molecule has 1 heterocycles. The summed E-state index contributed by atoms with van der Waals surface area (Å²) >= 11 is 0. The number of hydrogen-bond donors (Lipinski definition) is 2. The summed E-state index contributed by atoms with van der Waals surface area (Å²) < 4.78 is 0. The maximum atomic E-state index is 6.02. The summed E-state index contributed by atoms with van der Waals surface area (Å²) in [5.41, 5.74) is 8.97. The minimum atomic E-state index is 0.785. The Morgan fingerprint density at radius 2 is 2.15 bits per heavy atom. The lowest BCUT2D eigenvalue weighted by atomic mass is 10.1. The largest absolute Gasteiger partial charge is 0.398 e. The summed E-state index contributed by atoms with van der Waals surface area (Å²) in [7, 11) is 2.20. The molecule has 0 amide bonds. The zero-order valence-electron chi connectivity index (χ0n) is 12.2. The van der Waals surface area contributed by atoms with Crippen LogP contribution in [0.3, 0.4) is 0 Å². The summed E-state index contributed by atoms with van der Waals surface area (Å²) in [6.45, 7) is 4.03. The van der Waals surface area contributed by atoms with Gasteiger partial charge in [-0.25, -0.2) is 0 Å². The lowest BCUT2D eigenvalue weighted by Gasteiger charge is -2.17. The second-order valence-corrected chi connectivity index (χ2v) is 5.71. The van der Waals surface area contributed by atoms with Crippen molar-refractivity contribution in [1.29, 1.82) is 0 Å². The fourth-order valence-corrected chi connectivity index (χ4v) is 2.58. The van der Waals surface area contributed by atoms with Crippen molar-refractivity contribution >= 4 is 22.1 Å². The Balaban J connectivity index is 1.76. The van der Waals surface area contributed by atoms with Gasteiger partial charge in [-0.15, -0.1) is 0 Å². The third-order valence-electron chi connectivity index (χ3n) is 4.02. The van der Waals surface area contributed by atoms with Crippen molar-refractivity contribution in [3.05, 3.63) is 30.1 Å². The van der Waals surface area contributed by atoms with E-state index in [-0.39, 0.29) is 0 Å². The number of anilines is 2. The van der Waals surface area contributed by atoms with Crippen LogP contribution in [0.25, 0.3) is 10.8 Å².